The van der Waals surface area contributed by atoms with Crippen LogP contribution in [-0.4, -0.2) is 22.1 Å². The van der Waals surface area contributed by atoms with Crippen LogP contribution in [0.2, 0.25) is 0 Å². The van der Waals surface area contributed by atoms with Crippen molar-refractivity contribution < 1.29 is 4.79 Å². The number of aromatic nitrogens is 2. The van der Waals surface area contributed by atoms with Crippen LogP contribution >= 0.6 is 0 Å². The molecule has 5 nitrogen and oxygen atoms in total. The van der Waals surface area contributed by atoms with Gasteiger partial charge in [0.2, 0.25) is 0 Å². The fourth-order valence-corrected chi connectivity index (χ4v) is 2.52. The molecular weight excluding hydrogens is 288 g/mol. The summed E-state index contributed by atoms with van der Waals surface area (Å²) in [7, 11) is 0. The van der Waals surface area contributed by atoms with Crippen molar-refractivity contribution in [1.82, 2.24) is 20.2 Å². The molecule has 0 aliphatic heterocycles. The van der Waals surface area contributed by atoms with Crippen LogP contribution in [0, 0.1) is 0 Å². The lowest BCUT2D eigenvalue weighted by Crippen LogP contribution is -2.36. The largest absolute Gasteiger partial charge is 0.347 e. The van der Waals surface area contributed by atoms with E-state index in [1.165, 1.54) is 10.9 Å². The molecule has 118 valence electrons. The van der Waals surface area contributed by atoms with Gasteiger partial charge in [-0.2, -0.15) is 0 Å². The summed E-state index contributed by atoms with van der Waals surface area (Å²) in [6.45, 7) is 1.96. The van der Waals surface area contributed by atoms with E-state index in [1.807, 2.05) is 30.3 Å². The Hall–Kier alpha value is -2.82. The van der Waals surface area contributed by atoms with Crippen molar-refractivity contribution in [3.8, 4) is 0 Å². The summed E-state index contributed by atoms with van der Waals surface area (Å²) in [5.41, 5.74) is 2.08. The number of carbonyl (C=O) groups is 1. The summed E-state index contributed by atoms with van der Waals surface area (Å²) < 4.78 is 2.21. The van der Waals surface area contributed by atoms with Gasteiger partial charge in [0.25, 0.3) is 0 Å². The molecule has 0 bridgehead atoms. The Morgan fingerprint density at radius 3 is 2.78 bits per heavy atom. The van der Waals surface area contributed by atoms with Crippen molar-refractivity contribution in [2.24, 2.45) is 0 Å². The molecule has 0 atom stereocenters. The normalized spacial score (nSPS) is 10.6. The highest BCUT2D eigenvalue weighted by Gasteiger charge is 2.02. The molecule has 2 amide bonds. The zero-order chi connectivity index (χ0) is 15.9. The first kappa shape index (κ1) is 15.1. The highest BCUT2D eigenvalue weighted by atomic mass is 16.2. The zero-order valence-corrected chi connectivity index (χ0v) is 12.9. The standard InChI is InChI=1S/C18H20N4O/c23-18(21-14-16-7-3-4-10-19-16)20-11-5-12-22-13-9-15-6-1-2-8-17(15)22/h1-4,6-10,13H,5,11-12,14H2,(H2,20,21,23). The van der Waals surface area contributed by atoms with Crippen molar-refractivity contribution in [3.05, 3.63) is 66.6 Å². The topological polar surface area (TPSA) is 59.0 Å². The maximum Gasteiger partial charge on any atom is 0.315 e. The van der Waals surface area contributed by atoms with Crippen LogP contribution in [0.25, 0.3) is 10.9 Å². The third-order valence-corrected chi connectivity index (χ3v) is 3.70. The predicted molar refractivity (Wildman–Crippen MR) is 91.0 cm³/mol. The summed E-state index contributed by atoms with van der Waals surface area (Å²) in [5, 5.41) is 6.92. The summed E-state index contributed by atoms with van der Waals surface area (Å²) in [6, 6.07) is 15.9. The Kier molecular flexibility index (Phi) is 4.88. The molecule has 3 rings (SSSR count). The van der Waals surface area contributed by atoms with Crippen LogP contribution in [-0.2, 0) is 13.1 Å². The monoisotopic (exact) mass is 308 g/mol. The Bertz CT molecular complexity index is 767. The van der Waals surface area contributed by atoms with Crippen molar-refractivity contribution in [2.45, 2.75) is 19.5 Å². The quantitative estimate of drug-likeness (QED) is 0.688. The molecule has 5 heteroatoms. The molecule has 0 aliphatic carbocycles. The lowest BCUT2D eigenvalue weighted by molar-refractivity contribution is 0.240. The molecule has 0 unspecified atom stereocenters. The van der Waals surface area contributed by atoms with E-state index in [2.05, 4.69) is 44.6 Å². The van der Waals surface area contributed by atoms with Crippen LogP contribution in [0.15, 0.2) is 60.9 Å². The molecule has 3 aromatic rings. The third-order valence-electron chi connectivity index (χ3n) is 3.70. The molecule has 1 aromatic carbocycles. The van der Waals surface area contributed by atoms with E-state index in [4.69, 9.17) is 0 Å². The number of hydrogen-bond acceptors (Lipinski definition) is 2. The van der Waals surface area contributed by atoms with E-state index in [1.54, 1.807) is 6.20 Å². The molecule has 0 saturated heterocycles. The van der Waals surface area contributed by atoms with Crippen molar-refractivity contribution in [2.75, 3.05) is 6.54 Å². The number of carbonyl (C=O) groups excluding carboxylic acids is 1. The number of fused-ring (bicyclic) bond motifs is 1. The summed E-state index contributed by atoms with van der Waals surface area (Å²) in [6.07, 6.45) is 4.69. The molecule has 0 spiro atoms. The smallest absolute Gasteiger partial charge is 0.315 e. The van der Waals surface area contributed by atoms with Gasteiger partial charge < -0.3 is 15.2 Å². The number of urea groups is 1. The van der Waals surface area contributed by atoms with Gasteiger partial charge in [0.1, 0.15) is 0 Å². The van der Waals surface area contributed by atoms with E-state index < -0.39 is 0 Å². The Labute approximate surface area is 135 Å². The molecule has 2 N–H and O–H groups in total. The van der Waals surface area contributed by atoms with E-state index >= 15 is 0 Å². The van der Waals surface area contributed by atoms with Crippen molar-refractivity contribution in [3.63, 3.8) is 0 Å². The maximum absolute atomic E-state index is 11.7. The third kappa shape index (κ3) is 4.10. The second kappa shape index (κ2) is 7.45. The highest BCUT2D eigenvalue weighted by molar-refractivity contribution is 5.79. The fraction of sp³-hybridized carbons (Fsp3) is 0.222. The van der Waals surface area contributed by atoms with Gasteiger partial charge in [-0.05, 0) is 36.1 Å². The molecule has 0 fully saturated rings. The van der Waals surface area contributed by atoms with Crippen molar-refractivity contribution in [1.29, 1.82) is 0 Å². The number of pyridine rings is 1. The average molecular weight is 308 g/mol. The lowest BCUT2D eigenvalue weighted by atomic mass is 10.2. The number of rotatable bonds is 6. The van der Waals surface area contributed by atoms with Gasteiger partial charge in [0, 0.05) is 31.0 Å². The summed E-state index contributed by atoms with van der Waals surface area (Å²) >= 11 is 0. The van der Waals surface area contributed by atoms with Crippen LogP contribution < -0.4 is 10.6 Å². The van der Waals surface area contributed by atoms with Crippen LogP contribution in [0.5, 0.6) is 0 Å². The minimum atomic E-state index is -0.159. The molecule has 0 radical (unpaired) electrons. The van der Waals surface area contributed by atoms with E-state index in [0.717, 1.165) is 18.7 Å². The number of amides is 2. The Morgan fingerprint density at radius 1 is 1.04 bits per heavy atom. The number of nitrogens with zero attached hydrogens (tertiary/aromatic N) is 2. The lowest BCUT2D eigenvalue weighted by Gasteiger charge is -2.08. The van der Waals surface area contributed by atoms with Crippen LogP contribution in [0.4, 0.5) is 4.79 Å². The maximum atomic E-state index is 11.7. The van der Waals surface area contributed by atoms with Gasteiger partial charge in [0.05, 0.1) is 12.2 Å². The first-order valence-corrected chi connectivity index (χ1v) is 7.78. The molecule has 0 saturated carbocycles. The Morgan fingerprint density at radius 2 is 1.91 bits per heavy atom. The second-order valence-electron chi connectivity index (χ2n) is 5.35. The van der Waals surface area contributed by atoms with Gasteiger partial charge in [-0.1, -0.05) is 24.3 Å². The average Bonchev–Trinajstić information content (AvgIpc) is 3.01. The first-order chi connectivity index (χ1) is 11.3. The zero-order valence-electron chi connectivity index (χ0n) is 12.9. The number of benzene rings is 1. The summed E-state index contributed by atoms with van der Waals surface area (Å²) in [5.74, 6) is 0. The molecule has 0 aliphatic rings. The number of para-hydroxylation sites is 1. The molecule has 2 heterocycles. The summed E-state index contributed by atoms with van der Waals surface area (Å²) in [4.78, 5) is 15.9. The van der Waals surface area contributed by atoms with Crippen molar-refractivity contribution >= 4 is 16.9 Å². The van der Waals surface area contributed by atoms with Gasteiger partial charge in [0.15, 0.2) is 0 Å². The first-order valence-electron chi connectivity index (χ1n) is 7.78. The predicted octanol–water partition coefficient (Wildman–Crippen LogP) is 2.93. The van der Waals surface area contributed by atoms with Crippen LogP contribution in [0.3, 0.4) is 0 Å². The minimum Gasteiger partial charge on any atom is -0.347 e. The van der Waals surface area contributed by atoms with E-state index in [9.17, 15) is 4.79 Å². The van der Waals surface area contributed by atoms with Gasteiger partial charge in [-0.25, -0.2) is 4.79 Å². The minimum absolute atomic E-state index is 0.159. The Balaban J connectivity index is 1.39. The molecule has 23 heavy (non-hydrogen) atoms. The number of nitrogens with one attached hydrogen (secondary N) is 2. The van der Waals surface area contributed by atoms with Gasteiger partial charge in [-0.15, -0.1) is 0 Å². The fourth-order valence-electron chi connectivity index (χ4n) is 2.52. The highest BCUT2D eigenvalue weighted by Crippen LogP contribution is 2.15. The number of aryl methyl sites for hydroxylation is 1. The van der Waals surface area contributed by atoms with Gasteiger partial charge >= 0.3 is 6.03 Å². The number of hydrogen-bond donors (Lipinski definition) is 2. The molecule has 2 aromatic heterocycles. The second-order valence-corrected chi connectivity index (χ2v) is 5.35. The molecular formula is C18H20N4O. The SMILES string of the molecule is O=C(NCCCn1ccc2ccccc21)NCc1ccccn1. The van der Waals surface area contributed by atoms with Gasteiger partial charge in [-0.3, -0.25) is 4.98 Å². The van der Waals surface area contributed by atoms with E-state index in [0.29, 0.717) is 13.1 Å². The van der Waals surface area contributed by atoms with E-state index in [-0.39, 0.29) is 6.03 Å². The van der Waals surface area contributed by atoms with Crippen LogP contribution in [0.1, 0.15) is 12.1 Å².